The Labute approximate surface area is 126 Å². The van der Waals surface area contributed by atoms with E-state index in [-0.39, 0.29) is 13.0 Å². The Morgan fingerprint density at radius 1 is 1.36 bits per heavy atom. The van der Waals surface area contributed by atoms with Crippen molar-refractivity contribution < 1.29 is 23.8 Å². The van der Waals surface area contributed by atoms with Crippen molar-refractivity contribution in [2.45, 2.75) is 12.5 Å². The summed E-state index contributed by atoms with van der Waals surface area (Å²) < 4.78 is 9.99. The highest BCUT2D eigenvalue weighted by atomic mass is 16.5. The van der Waals surface area contributed by atoms with E-state index in [2.05, 4.69) is 10.3 Å². The van der Waals surface area contributed by atoms with Crippen LogP contribution in [0.15, 0.2) is 41.3 Å². The predicted molar refractivity (Wildman–Crippen MR) is 77.3 cm³/mol. The molecule has 0 aliphatic heterocycles. The molecule has 7 heteroatoms. The van der Waals surface area contributed by atoms with E-state index in [0.717, 1.165) is 5.56 Å². The van der Waals surface area contributed by atoms with Gasteiger partial charge in [0, 0.05) is 31.3 Å². The monoisotopic (exact) mass is 304 g/mol. The van der Waals surface area contributed by atoms with Gasteiger partial charge in [-0.2, -0.15) is 0 Å². The van der Waals surface area contributed by atoms with Crippen molar-refractivity contribution in [1.29, 1.82) is 0 Å². The maximum Gasteiger partial charge on any atom is 0.326 e. The second-order valence-electron chi connectivity index (χ2n) is 4.59. The minimum Gasteiger partial charge on any atom is -0.480 e. The second-order valence-corrected chi connectivity index (χ2v) is 4.59. The van der Waals surface area contributed by atoms with E-state index in [1.54, 1.807) is 30.5 Å². The maximum absolute atomic E-state index is 12.1. The maximum atomic E-state index is 12.1. The lowest BCUT2D eigenvalue weighted by Crippen LogP contribution is -2.41. The highest BCUT2D eigenvalue weighted by Gasteiger charge is 2.20. The van der Waals surface area contributed by atoms with Gasteiger partial charge >= 0.3 is 5.97 Å². The molecule has 1 aromatic heterocycles. The van der Waals surface area contributed by atoms with Gasteiger partial charge in [-0.25, -0.2) is 9.78 Å². The Morgan fingerprint density at radius 3 is 2.64 bits per heavy atom. The quantitative estimate of drug-likeness (QED) is 0.805. The van der Waals surface area contributed by atoms with Crippen molar-refractivity contribution in [1.82, 2.24) is 10.3 Å². The van der Waals surface area contributed by atoms with E-state index in [1.165, 1.54) is 13.5 Å². The van der Waals surface area contributed by atoms with Crippen LogP contribution in [-0.4, -0.2) is 41.7 Å². The van der Waals surface area contributed by atoms with Gasteiger partial charge in [-0.05, 0) is 12.1 Å². The highest BCUT2D eigenvalue weighted by molar-refractivity contribution is 5.96. The third-order valence-corrected chi connectivity index (χ3v) is 3.08. The molecular weight excluding hydrogens is 288 g/mol. The van der Waals surface area contributed by atoms with Gasteiger partial charge in [0.1, 0.15) is 6.04 Å². The SMILES string of the molecule is COCCC(NC(=O)c1ccc(-c2cnco2)cc1)C(=O)O. The Hall–Kier alpha value is -2.67. The summed E-state index contributed by atoms with van der Waals surface area (Å²) in [5, 5.41) is 11.5. The molecule has 0 spiro atoms. The summed E-state index contributed by atoms with van der Waals surface area (Å²) in [7, 11) is 1.48. The van der Waals surface area contributed by atoms with Crippen LogP contribution < -0.4 is 5.32 Å². The molecule has 0 bridgehead atoms. The molecule has 7 nitrogen and oxygen atoms in total. The van der Waals surface area contributed by atoms with Gasteiger partial charge in [-0.15, -0.1) is 0 Å². The molecule has 1 atom stereocenters. The zero-order chi connectivity index (χ0) is 15.9. The fourth-order valence-electron chi connectivity index (χ4n) is 1.88. The molecule has 0 saturated heterocycles. The normalized spacial score (nSPS) is 11.9. The van der Waals surface area contributed by atoms with Gasteiger partial charge in [-0.3, -0.25) is 4.79 Å². The molecule has 1 heterocycles. The van der Waals surface area contributed by atoms with Crippen molar-refractivity contribution >= 4 is 11.9 Å². The summed E-state index contributed by atoms with van der Waals surface area (Å²) in [6, 6.07) is 5.63. The Kier molecular flexibility index (Phi) is 5.26. The Bertz CT molecular complexity index is 622. The van der Waals surface area contributed by atoms with Crippen LogP contribution in [0.3, 0.4) is 0 Å². The number of carboxylic acid groups (broad SMARTS) is 1. The van der Waals surface area contributed by atoms with Gasteiger partial charge in [0.05, 0.1) is 6.20 Å². The number of oxazole rings is 1. The fraction of sp³-hybridized carbons (Fsp3) is 0.267. The number of amides is 1. The largest absolute Gasteiger partial charge is 0.480 e. The minimum absolute atomic E-state index is 0.202. The van der Waals surface area contributed by atoms with Crippen LogP contribution in [0.4, 0.5) is 0 Å². The predicted octanol–water partition coefficient (Wildman–Crippen LogP) is 1.56. The number of benzene rings is 1. The molecule has 0 aliphatic rings. The molecule has 0 aliphatic carbocycles. The lowest BCUT2D eigenvalue weighted by atomic mass is 10.1. The number of aromatic nitrogens is 1. The van der Waals surface area contributed by atoms with Crippen molar-refractivity contribution in [3.8, 4) is 11.3 Å². The number of nitrogens with one attached hydrogen (secondary N) is 1. The van der Waals surface area contributed by atoms with Crippen molar-refractivity contribution in [2.24, 2.45) is 0 Å². The summed E-state index contributed by atoms with van der Waals surface area (Å²) >= 11 is 0. The first-order valence-corrected chi connectivity index (χ1v) is 6.63. The third kappa shape index (κ3) is 3.92. The Morgan fingerprint density at radius 2 is 2.09 bits per heavy atom. The summed E-state index contributed by atoms with van der Waals surface area (Å²) in [5.74, 6) is -0.952. The van der Waals surface area contributed by atoms with Gasteiger partial charge in [0.25, 0.3) is 5.91 Å². The number of aliphatic carboxylic acids is 1. The van der Waals surface area contributed by atoms with E-state index in [0.29, 0.717) is 11.3 Å². The van der Waals surface area contributed by atoms with E-state index >= 15 is 0 Å². The number of carbonyl (C=O) groups excluding carboxylic acids is 1. The minimum atomic E-state index is -1.09. The molecule has 2 rings (SSSR count). The second kappa shape index (κ2) is 7.37. The third-order valence-electron chi connectivity index (χ3n) is 3.08. The summed E-state index contributed by atoms with van der Waals surface area (Å²) in [6.07, 6.45) is 3.09. The summed E-state index contributed by atoms with van der Waals surface area (Å²) in [5.41, 5.74) is 1.15. The smallest absolute Gasteiger partial charge is 0.326 e. The molecular formula is C15H16N2O5. The van der Waals surface area contributed by atoms with Gasteiger partial charge in [0.15, 0.2) is 12.2 Å². The van der Waals surface area contributed by atoms with Crippen LogP contribution >= 0.6 is 0 Å². The number of ether oxygens (including phenoxy) is 1. The first-order chi connectivity index (χ1) is 10.6. The molecule has 1 unspecified atom stereocenters. The van der Waals surface area contributed by atoms with Crippen LogP contribution in [0, 0.1) is 0 Å². The number of methoxy groups -OCH3 is 1. The molecule has 0 fully saturated rings. The van der Waals surface area contributed by atoms with Crippen molar-refractivity contribution in [3.63, 3.8) is 0 Å². The van der Waals surface area contributed by atoms with Crippen molar-refractivity contribution in [2.75, 3.05) is 13.7 Å². The first-order valence-electron chi connectivity index (χ1n) is 6.63. The lowest BCUT2D eigenvalue weighted by molar-refractivity contribution is -0.139. The van der Waals surface area contributed by atoms with E-state index in [9.17, 15) is 9.59 Å². The molecule has 1 amide bonds. The van der Waals surface area contributed by atoms with Crippen LogP contribution in [0.5, 0.6) is 0 Å². The number of hydrogen-bond acceptors (Lipinski definition) is 5. The van der Waals surface area contributed by atoms with Gasteiger partial charge in [-0.1, -0.05) is 12.1 Å². The van der Waals surface area contributed by atoms with Crippen molar-refractivity contribution in [3.05, 3.63) is 42.4 Å². The lowest BCUT2D eigenvalue weighted by Gasteiger charge is -2.14. The number of nitrogens with zero attached hydrogens (tertiary/aromatic N) is 1. The highest BCUT2D eigenvalue weighted by Crippen LogP contribution is 2.18. The standard InChI is InChI=1S/C15H16N2O5/c1-21-7-6-12(15(19)20)17-14(18)11-4-2-10(3-5-11)13-8-16-9-22-13/h2-5,8-9,12H,6-7H2,1H3,(H,17,18)(H,19,20). The average molecular weight is 304 g/mol. The van der Waals surface area contributed by atoms with Crippen LogP contribution in [-0.2, 0) is 9.53 Å². The van der Waals surface area contributed by atoms with E-state index in [1.807, 2.05) is 0 Å². The first kappa shape index (κ1) is 15.7. The van der Waals surface area contributed by atoms with E-state index < -0.39 is 17.9 Å². The molecule has 2 N–H and O–H groups in total. The number of rotatable bonds is 7. The molecule has 22 heavy (non-hydrogen) atoms. The van der Waals surface area contributed by atoms with Gasteiger partial charge in [0.2, 0.25) is 0 Å². The summed E-state index contributed by atoms with van der Waals surface area (Å²) in [4.78, 5) is 27.0. The van der Waals surface area contributed by atoms with Crippen LogP contribution in [0.25, 0.3) is 11.3 Å². The molecule has 0 saturated carbocycles. The molecule has 116 valence electrons. The number of carbonyl (C=O) groups is 2. The zero-order valence-corrected chi connectivity index (χ0v) is 12.0. The van der Waals surface area contributed by atoms with E-state index in [4.69, 9.17) is 14.3 Å². The average Bonchev–Trinajstić information content (AvgIpc) is 3.05. The zero-order valence-electron chi connectivity index (χ0n) is 12.0. The van der Waals surface area contributed by atoms with Gasteiger partial charge < -0.3 is 19.6 Å². The topological polar surface area (TPSA) is 102 Å². The fourth-order valence-corrected chi connectivity index (χ4v) is 1.88. The number of carboxylic acids is 1. The molecule has 0 radical (unpaired) electrons. The van der Waals surface area contributed by atoms with Crippen LogP contribution in [0.2, 0.25) is 0 Å². The summed E-state index contributed by atoms with van der Waals surface area (Å²) in [6.45, 7) is 0.252. The molecule has 2 aromatic rings. The van der Waals surface area contributed by atoms with Crippen LogP contribution in [0.1, 0.15) is 16.8 Å². The molecule has 1 aromatic carbocycles. The number of hydrogen-bond donors (Lipinski definition) is 2. The Balaban J connectivity index is 2.04.